The number of nitrogens with two attached hydrogens (primary N) is 1. The summed E-state index contributed by atoms with van der Waals surface area (Å²) in [6.45, 7) is 10.3. The molecule has 1 heterocycles. The van der Waals surface area contributed by atoms with Gasteiger partial charge in [0.2, 0.25) is 5.91 Å². The molecule has 16 heavy (non-hydrogen) atoms. The van der Waals surface area contributed by atoms with Crippen molar-refractivity contribution in [2.24, 2.45) is 11.7 Å². The Morgan fingerprint density at radius 2 is 2.00 bits per heavy atom. The van der Waals surface area contributed by atoms with Gasteiger partial charge >= 0.3 is 0 Å². The Hall–Kier alpha value is -0.610. The molecule has 1 saturated heterocycles. The maximum absolute atomic E-state index is 11.5. The highest BCUT2D eigenvalue weighted by Gasteiger charge is 2.38. The molecule has 0 atom stereocenters. The second kappa shape index (κ2) is 5.64. The summed E-state index contributed by atoms with van der Waals surface area (Å²) in [7, 11) is 0. The number of likely N-dealkylation sites (tertiary alicyclic amines) is 1. The molecule has 0 unspecified atom stereocenters. The van der Waals surface area contributed by atoms with Gasteiger partial charge in [-0.15, -0.1) is 0 Å². The Morgan fingerprint density at radius 3 is 2.38 bits per heavy atom. The first-order chi connectivity index (χ1) is 7.50. The molecule has 0 aromatic rings. The largest absolute Gasteiger partial charge is 0.368 e. The number of carbonyl (C=O) groups is 1. The van der Waals surface area contributed by atoms with Crippen molar-refractivity contribution in [2.75, 3.05) is 26.2 Å². The lowest BCUT2D eigenvalue weighted by atomic mass is 9.86. The Labute approximate surface area is 98.6 Å². The van der Waals surface area contributed by atoms with E-state index >= 15 is 0 Å². The van der Waals surface area contributed by atoms with Gasteiger partial charge in [0.1, 0.15) is 5.54 Å². The van der Waals surface area contributed by atoms with E-state index in [1.54, 1.807) is 0 Å². The van der Waals surface area contributed by atoms with Gasteiger partial charge in [-0.3, -0.25) is 4.79 Å². The molecule has 1 amide bonds. The summed E-state index contributed by atoms with van der Waals surface area (Å²) in [5.41, 5.74) is 5.06. The molecule has 3 N–H and O–H groups in total. The lowest BCUT2D eigenvalue weighted by Gasteiger charge is -2.40. The molecule has 0 aromatic heterocycles. The van der Waals surface area contributed by atoms with Gasteiger partial charge in [0, 0.05) is 19.6 Å². The second-order valence-corrected chi connectivity index (χ2v) is 5.17. The van der Waals surface area contributed by atoms with E-state index in [-0.39, 0.29) is 5.91 Å². The smallest absolute Gasteiger partial charge is 0.237 e. The van der Waals surface area contributed by atoms with Crippen LogP contribution in [0, 0.1) is 5.92 Å². The molecule has 4 nitrogen and oxygen atoms in total. The van der Waals surface area contributed by atoms with Crippen LogP contribution < -0.4 is 11.1 Å². The van der Waals surface area contributed by atoms with Crippen LogP contribution in [0.25, 0.3) is 0 Å². The Kier molecular flexibility index (Phi) is 4.74. The fraction of sp³-hybridized carbons (Fsp3) is 0.917. The van der Waals surface area contributed by atoms with Crippen LogP contribution >= 0.6 is 0 Å². The molecule has 0 spiro atoms. The van der Waals surface area contributed by atoms with Gasteiger partial charge in [-0.2, -0.15) is 0 Å². The van der Waals surface area contributed by atoms with Crippen LogP contribution in [0.1, 0.15) is 33.6 Å². The van der Waals surface area contributed by atoms with Crippen molar-refractivity contribution in [2.45, 2.75) is 39.2 Å². The first kappa shape index (κ1) is 13.5. The first-order valence-corrected chi connectivity index (χ1v) is 6.27. The normalized spacial score (nSPS) is 21.2. The van der Waals surface area contributed by atoms with Crippen molar-refractivity contribution in [1.82, 2.24) is 10.2 Å². The molecule has 0 aliphatic carbocycles. The minimum absolute atomic E-state index is 0.196. The van der Waals surface area contributed by atoms with Crippen LogP contribution in [-0.2, 0) is 4.79 Å². The average molecular weight is 227 g/mol. The van der Waals surface area contributed by atoms with Crippen molar-refractivity contribution in [3.05, 3.63) is 0 Å². The summed E-state index contributed by atoms with van der Waals surface area (Å²) >= 11 is 0. The molecule has 0 radical (unpaired) electrons. The van der Waals surface area contributed by atoms with E-state index in [4.69, 9.17) is 5.73 Å². The molecule has 1 rings (SSSR count). The molecule has 94 valence electrons. The van der Waals surface area contributed by atoms with Crippen LogP contribution in [0.15, 0.2) is 0 Å². The Morgan fingerprint density at radius 1 is 1.44 bits per heavy atom. The molecular formula is C12H25N3O. The van der Waals surface area contributed by atoms with Gasteiger partial charge in [-0.05, 0) is 25.3 Å². The van der Waals surface area contributed by atoms with Crippen LogP contribution in [0.2, 0.25) is 0 Å². The first-order valence-electron chi connectivity index (χ1n) is 6.27. The highest BCUT2D eigenvalue weighted by molar-refractivity contribution is 5.84. The zero-order chi connectivity index (χ0) is 12.2. The Bertz CT molecular complexity index is 232. The predicted octanol–water partition coefficient (Wildman–Crippen LogP) is 0.572. The number of likely N-dealkylation sites (N-methyl/N-ethyl adjacent to an activating group) is 1. The number of nitrogens with zero attached hydrogens (tertiary/aromatic N) is 1. The maximum Gasteiger partial charge on any atom is 0.237 e. The predicted molar refractivity (Wildman–Crippen MR) is 66.1 cm³/mol. The van der Waals surface area contributed by atoms with E-state index in [9.17, 15) is 4.79 Å². The minimum atomic E-state index is -0.456. The van der Waals surface area contributed by atoms with Crippen molar-refractivity contribution in [3.63, 3.8) is 0 Å². The number of primary amides is 1. The maximum atomic E-state index is 11.5. The summed E-state index contributed by atoms with van der Waals surface area (Å²) in [5.74, 6) is 0.485. The number of rotatable bonds is 5. The van der Waals surface area contributed by atoms with Gasteiger partial charge in [-0.1, -0.05) is 20.8 Å². The standard InChI is InChI=1S/C12H25N3O/c1-4-14-12(11(13)16)5-7-15(8-6-12)9-10(2)3/h10,14H,4-9H2,1-3H3,(H2,13,16). The fourth-order valence-electron chi connectivity index (χ4n) is 2.48. The van der Waals surface area contributed by atoms with E-state index in [2.05, 4.69) is 24.1 Å². The number of piperidine rings is 1. The summed E-state index contributed by atoms with van der Waals surface area (Å²) < 4.78 is 0. The lowest BCUT2D eigenvalue weighted by Crippen LogP contribution is -2.61. The molecule has 1 aliphatic rings. The molecular weight excluding hydrogens is 202 g/mol. The summed E-state index contributed by atoms with van der Waals surface area (Å²) in [5, 5.41) is 3.27. The SMILES string of the molecule is CCNC1(C(N)=O)CCN(CC(C)C)CC1. The molecule has 1 fully saturated rings. The Balaban J connectivity index is 2.52. The molecule has 1 aliphatic heterocycles. The molecule has 0 saturated carbocycles. The molecule has 4 heteroatoms. The summed E-state index contributed by atoms with van der Waals surface area (Å²) in [6, 6.07) is 0. The van der Waals surface area contributed by atoms with Crippen molar-refractivity contribution >= 4 is 5.91 Å². The topological polar surface area (TPSA) is 58.4 Å². The van der Waals surface area contributed by atoms with Crippen LogP contribution in [-0.4, -0.2) is 42.5 Å². The van der Waals surface area contributed by atoms with Gasteiger partial charge in [-0.25, -0.2) is 0 Å². The third kappa shape index (κ3) is 3.19. The van der Waals surface area contributed by atoms with Gasteiger partial charge < -0.3 is 16.0 Å². The van der Waals surface area contributed by atoms with E-state index in [0.29, 0.717) is 5.92 Å². The van der Waals surface area contributed by atoms with E-state index < -0.39 is 5.54 Å². The van der Waals surface area contributed by atoms with E-state index in [1.165, 1.54) is 0 Å². The molecule has 0 aromatic carbocycles. The minimum Gasteiger partial charge on any atom is -0.368 e. The average Bonchev–Trinajstić information content (AvgIpc) is 2.20. The number of carbonyl (C=O) groups excluding carboxylic acids is 1. The third-order valence-electron chi connectivity index (χ3n) is 3.32. The zero-order valence-corrected chi connectivity index (χ0v) is 10.8. The van der Waals surface area contributed by atoms with Crippen LogP contribution in [0.3, 0.4) is 0 Å². The number of hydrogen-bond acceptors (Lipinski definition) is 3. The number of nitrogens with one attached hydrogen (secondary N) is 1. The highest BCUT2D eigenvalue weighted by Crippen LogP contribution is 2.22. The lowest BCUT2D eigenvalue weighted by molar-refractivity contribution is -0.126. The van der Waals surface area contributed by atoms with Crippen LogP contribution in [0.4, 0.5) is 0 Å². The van der Waals surface area contributed by atoms with Gasteiger partial charge in [0.05, 0.1) is 0 Å². The zero-order valence-electron chi connectivity index (χ0n) is 10.8. The fourth-order valence-corrected chi connectivity index (χ4v) is 2.48. The van der Waals surface area contributed by atoms with Crippen molar-refractivity contribution in [3.8, 4) is 0 Å². The van der Waals surface area contributed by atoms with Crippen molar-refractivity contribution in [1.29, 1.82) is 0 Å². The van der Waals surface area contributed by atoms with E-state index in [0.717, 1.165) is 39.0 Å². The number of hydrogen-bond donors (Lipinski definition) is 2. The highest BCUT2D eigenvalue weighted by atomic mass is 16.1. The molecule has 0 bridgehead atoms. The summed E-state index contributed by atoms with van der Waals surface area (Å²) in [6.07, 6.45) is 1.67. The monoisotopic (exact) mass is 227 g/mol. The van der Waals surface area contributed by atoms with Gasteiger partial charge in [0.15, 0.2) is 0 Å². The quantitative estimate of drug-likeness (QED) is 0.722. The second-order valence-electron chi connectivity index (χ2n) is 5.17. The van der Waals surface area contributed by atoms with Crippen LogP contribution in [0.5, 0.6) is 0 Å². The third-order valence-corrected chi connectivity index (χ3v) is 3.32. The summed E-state index contributed by atoms with van der Waals surface area (Å²) in [4.78, 5) is 14.0. The van der Waals surface area contributed by atoms with Crippen molar-refractivity contribution < 1.29 is 4.79 Å². The number of amides is 1. The van der Waals surface area contributed by atoms with Gasteiger partial charge in [0.25, 0.3) is 0 Å². The van der Waals surface area contributed by atoms with E-state index in [1.807, 2.05) is 6.92 Å².